The van der Waals surface area contributed by atoms with Gasteiger partial charge in [0.25, 0.3) is 5.56 Å². The Labute approximate surface area is 181 Å². The largest absolute Gasteiger partial charge is 0.338 e. The van der Waals surface area contributed by atoms with Crippen LogP contribution in [0.25, 0.3) is 33.1 Å². The zero-order valence-corrected chi connectivity index (χ0v) is 17.3. The van der Waals surface area contributed by atoms with E-state index in [1.165, 1.54) is 5.56 Å². The number of aromatic amines is 3. The van der Waals surface area contributed by atoms with Crippen molar-refractivity contribution in [3.63, 3.8) is 0 Å². The lowest BCUT2D eigenvalue weighted by atomic mass is 9.93. The van der Waals surface area contributed by atoms with Crippen molar-refractivity contribution >= 4 is 44.9 Å². The summed E-state index contributed by atoms with van der Waals surface area (Å²) < 4.78 is 0. The standard InChI is InChI=1S/C23H19ClN6O/c24-16-10-21-15(23(31)30-28-21)9-14(16)20-11-19(12-5-1-3-7-17(12)25-20)26-22-13-6-2-4-8-18(13)27-29-22/h2,4,6,8-11H,1,3,5,7H2,(H2,28,30,31)(H2,25,26,27,29). The first-order chi connectivity index (χ1) is 15.2. The normalized spacial score (nSPS) is 13.6. The maximum absolute atomic E-state index is 12.1. The molecule has 7 nitrogen and oxygen atoms in total. The number of para-hydroxylation sites is 1. The fourth-order valence-corrected chi connectivity index (χ4v) is 4.65. The van der Waals surface area contributed by atoms with Crippen LogP contribution in [0, 0.1) is 0 Å². The van der Waals surface area contributed by atoms with E-state index in [4.69, 9.17) is 16.6 Å². The number of nitrogens with zero attached hydrogens (tertiary/aromatic N) is 2. The van der Waals surface area contributed by atoms with Crippen LogP contribution in [0.1, 0.15) is 24.1 Å². The number of pyridine rings is 1. The van der Waals surface area contributed by atoms with Gasteiger partial charge in [0, 0.05) is 22.3 Å². The molecule has 2 aromatic carbocycles. The van der Waals surface area contributed by atoms with Gasteiger partial charge in [-0.2, -0.15) is 5.10 Å². The van der Waals surface area contributed by atoms with Gasteiger partial charge < -0.3 is 5.32 Å². The highest BCUT2D eigenvalue weighted by Gasteiger charge is 2.20. The molecule has 0 radical (unpaired) electrons. The molecule has 0 unspecified atom stereocenters. The van der Waals surface area contributed by atoms with Gasteiger partial charge in [-0.25, -0.2) is 0 Å². The summed E-state index contributed by atoms with van der Waals surface area (Å²) in [6, 6.07) is 13.6. The Kier molecular flexibility index (Phi) is 4.11. The predicted molar refractivity (Wildman–Crippen MR) is 123 cm³/mol. The number of anilines is 2. The van der Waals surface area contributed by atoms with Gasteiger partial charge in [-0.1, -0.05) is 23.7 Å². The van der Waals surface area contributed by atoms with Gasteiger partial charge in [0.05, 0.1) is 27.1 Å². The number of fused-ring (bicyclic) bond motifs is 3. The molecule has 0 saturated carbocycles. The van der Waals surface area contributed by atoms with Crippen LogP contribution in [0.3, 0.4) is 0 Å². The first kappa shape index (κ1) is 18.2. The minimum Gasteiger partial charge on any atom is -0.338 e. The maximum atomic E-state index is 12.1. The lowest BCUT2D eigenvalue weighted by Gasteiger charge is -2.21. The van der Waals surface area contributed by atoms with Crippen molar-refractivity contribution in [1.29, 1.82) is 0 Å². The SMILES string of the molecule is O=c1[nH][nH]c2cc(Cl)c(-c3cc(Nc4n[nH]c5ccccc45)c4c(n3)CCCC4)cc12. The summed E-state index contributed by atoms with van der Waals surface area (Å²) in [5.41, 5.74) is 6.25. The summed E-state index contributed by atoms with van der Waals surface area (Å²) in [6.07, 6.45) is 4.13. The molecular formula is C23H19ClN6O. The number of nitrogens with one attached hydrogen (secondary N) is 4. The van der Waals surface area contributed by atoms with Crippen LogP contribution < -0.4 is 10.9 Å². The van der Waals surface area contributed by atoms with Crippen LogP contribution in [0.15, 0.2) is 47.3 Å². The molecule has 1 aliphatic carbocycles. The van der Waals surface area contributed by atoms with Gasteiger partial charge in [-0.15, -0.1) is 0 Å². The average molecular weight is 431 g/mol. The summed E-state index contributed by atoms with van der Waals surface area (Å²) in [5.74, 6) is 0.782. The van der Waals surface area contributed by atoms with Crippen LogP contribution in [0.2, 0.25) is 5.02 Å². The molecule has 0 bridgehead atoms. The Morgan fingerprint density at radius 1 is 0.968 bits per heavy atom. The van der Waals surface area contributed by atoms with E-state index >= 15 is 0 Å². The Bertz CT molecular complexity index is 1510. The second-order valence-corrected chi connectivity index (χ2v) is 8.29. The smallest absolute Gasteiger partial charge is 0.271 e. The number of benzene rings is 2. The Balaban J connectivity index is 1.52. The van der Waals surface area contributed by atoms with Crippen molar-refractivity contribution in [3.8, 4) is 11.3 Å². The fraction of sp³-hybridized carbons (Fsp3) is 0.174. The number of hydrogen-bond donors (Lipinski definition) is 4. The summed E-state index contributed by atoms with van der Waals surface area (Å²) in [5, 5.41) is 18.7. The second kappa shape index (κ2) is 6.99. The minimum absolute atomic E-state index is 0.174. The molecule has 5 aromatic rings. The number of aromatic nitrogens is 5. The summed E-state index contributed by atoms with van der Waals surface area (Å²) >= 11 is 6.59. The predicted octanol–water partition coefficient (Wildman–Crippen LogP) is 5.07. The zero-order chi connectivity index (χ0) is 20.9. The fourth-order valence-electron chi connectivity index (χ4n) is 4.39. The van der Waals surface area contributed by atoms with E-state index in [2.05, 4.69) is 25.7 Å². The third-order valence-electron chi connectivity index (χ3n) is 5.96. The zero-order valence-electron chi connectivity index (χ0n) is 16.6. The number of aryl methyl sites for hydroxylation is 1. The van der Waals surface area contributed by atoms with E-state index in [0.717, 1.165) is 65.0 Å². The van der Waals surface area contributed by atoms with Crippen molar-refractivity contribution in [2.45, 2.75) is 25.7 Å². The van der Waals surface area contributed by atoms with Gasteiger partial charge in [0.1, 0.15) is 0 Å². The van der Waals surface area contributed by atoms with Crippen molar-refractivity contribution < 1.29 is 0 Å². The quantitative estimate of drug-likeness (QED) is 0.321. The van der Waals surface area contributed by atoms with Crippen LogP contribution in [-0.4, -0.2) is 25.4 Å². The average Bonchev–Trinajstić information content (AvgIpc) is 3.36. The van der Waals surface area contributed by atoms with E-state index in [9.17, 15) is 4.79 Å². The van der Waals surface area contributed by atoms with Crippen molar-refractivity contribution in [2.75, 3.05) is 5.32 Å². The van der Waals surface area contributed by atoms with Crippen molar-refractivity contribution in [3.05, 3.63) is 69.1 Å². The molecule has 0 aliphatic heterocycles. The second-order valence-electron chi connectivity index (χ2n) is 7.89. The maximum Gasteiger partial charge on any atom is 0.271 e. The molecule has 0 amide bonds. The van der Waals surface area contributed by atoms with E-state index in [0.29, 0.717) is 15.9 Å². The van der Waals surface area contributed by atoms with Gasteiger partial charge >= 0.3 is 0 Å². The molecule has 0 atom stereocenters. The number of H-pyrrole nitrogens is 3. The van der Waals surface area contributed by atoms with Crippen molar-refractivity contribution in [1.82, 2.24) is 25.4 Å². The molecule has 0 fully saturated rings. The first-order valence-corrected chi connectivity index (χ1v) is 10.7. The topological polar surface area (TPSA) is 102 Å². The van der Waals surface area contributed by atoms with Gasteiger partial charge in [-0.05, 0) is 61.6 Å². The third kappa shape index (κ3) is 3.00. The first-order valence-electron chi connectivity index (χ1n) is 10.3. The van der Waals surface area contributed by atoms with E-state index in [-0.39, 0.29) is 5.56 Å². The van der Waals surface area contributed by atoms with Crippen LogP contribution in [0.4, 0.5) is 11.5 Å². The Hall–Kier alpha value is -3.58. The minimum atomic E-state index is -0.174. The monoisotopic (exact) mass is 430 g/mol. The molecule has 3 heterocycles. The van der Waals surface area contributed by atoms with E-state index in [1.807, 2.05) is 30.3 Å². The van der Waals surface area contributed by atoms with Gasteiger partial charge in [-0.3, -0.25) is 25.1 Å². The van der Waals surface area contributed by atoms with Crippen LogP contribution in [-0.2, 0) is 12.8 Å². The number of halogens is 1. The molecule has 154 valence electrons. The highest BCUT2D eigenvalue weighted by Crippen LogP contribution is 2.36. The molecule has 0 saturated heterocycles. The molecule has 3 aromatic heterocycles. The summed E-state index contributed by atoms with van der Waals surface area (Å²) in [7, 11) is 0. The summed E-state index contributed by atoms with van der Waals surface area (Å²) in [4.78, 5) is 17.1. The Morgan fingerprint density at radius 2 is 1.84 bits per heavy atom. The lowest BCUT2D eigenvalue weighted by Crippen LogP contribution is -2.10. The Morgan fingerprint density at radius 3 is 2.77 bits per heavy atom. The third-order valence-corrected chi connectivity index (χ3v) is 6.27. The van der Waals surface area contributed by atoms with E-state index in [1.54, 1.807) is 12.1 Å². The molecule has 31 heavy (non-hydrogen) atoms. The lowest BCUT2D eigenvalue weighted by molar-refractivity contribution is 0.670. The highest BCUT2D eigenvalue weighted by molar-refractivity contribution is 6.34. The highest BCUT2D eigenvalue weighted by atomic mass is 35.5. The van der Waals surface area contributed by atoms with Crippen molar-refractivity contribution in [2.24, 2.45) is 0 Å². The van der Waals surface area contributed by atoms with Gasteiger partial charge in [0.2, 0.25) is 0 Å². The molecule has 4 N–H and O–H groups in total. The summed E-state index contributed by atoms with van der Waals surface area (Å²) in [6.45, 7) is 0. The molecule has 0 spiro atoms. The van der Waals surface area contributed by atoms with Crippen LogP contribution >= 0.6 is 11.6 Å². The molecular weight excluding hydrogens is 412 g/mol. The molecule has 1 aliphatic rings. The van der Waals surface area contributed by atoms with E-state index < -0.39 is 0 Å². The molecule has 8 heteroatoms. The van der Waals surface area contributed by atoms with Gasteiger partial charge in [0.15, 0.2) is 5.82 Å². The van der Waals surface area contributed by atoms with Crippen LogP contribution in [0.5, 0.6) is 0 Å². The number of hydrogen-bond acceptors (Lipinski definition) is 4. The number of rotatable bonds is 3. The molecule has 6 rings (SSSR count).